The van der Waals surface area contributed by atoms with E-state index in [1.54, 1.807) is 4.90 Å². The van der Waals surface area contributed by atoms with Crippen molar-refractivity contribution in [3.63, 3.8) is 0 Å². The molecule has 2 heterocycles. The van der Waals surface area contributed by atoms with Gasteiger partial charge in [-0.1, -0.05) is 35.9 Å². The molecule has 0 spiro atoms. The van der Waals surface area contributed by atoms with Gasteiger partial charge in [0, 0.05) is 30.4 Å². The predicted octanol–water partition coefficient (Wildman–Crippen LogP) is 2.78. The van der Waals surface area contributed by atoms with Crippen LogP contribution in [0.2, 0.25) is 0 Å². The SMILES string of the molecule is Cc1ccc(NC(=O)CCn2nc(C(=O)N3CCc4ccccc43)ccc2=O)cc1. The van der Waals surface area contributed by atoms with Gasteiger partial charge in [-0.3, -0.25) is 14.4 Å². The topological polar surface area (TPSA) is 84.3 Å². The van der Waals surface area contributed by atoms with Crippen LogP contribution in [0.15, 0.2) is 65.5 Å². The van der Waals surface area contributed by atoms with Gasteiger partial charge in [0.05, 0.1) is 6.54 Å². The molecular weight excluding hydrogens is 380 g/mol. The highest BCUT2D eigenvalue weighted by Gasteiger charge is 2.26. The average Bonchev–Trinajstić information content (AvgIpc) is 3.18. The van der Waals surface area contributed by atoms with Crippen molar-refractivity contribution in [2.75, 3.05) is 16.8 Å². The fourth-order valence-corrected chi connectivity index (χ4v) is 3.48. The van der Waals surface area contributed by atoms with Gasteiger partial charge in [0.1, 0.15) is 5.69 Å². The molecule has 2 amide bonds. The average molecular weight is 402 g/mol. The van der Waals surface area contributed by atoms with Crippen LogP contribution in [-0.2, 0) is 17.8 Å². The van der Waals surface area contributed by atoms with Crippen LogP contribution in [0.3, 0.4) is 0 Å². The van der Waals surface area contributed by atoms with E-state index in [-0.39, 0.29) is 36.0 Å². The van der Waals surface area contributed by atoms with Crippen molar-refractivity contribution in [2.24, 2.45) is 0 Å². The first-order valence-corrected chi connectivity index (χ1v) is 9.86. The Morgan fingerprint density at radius 2 is 1.80 bits per heavy atom. The van der Waals surface area contributed by atoms with Crippen LogP contribution >= 0.6 is 0 Å². The summed E-state index contributed by atoms with van der Waals surface area (Å²) in [6, 6.07) is 18.0. The number of carbonyl (C=O) groups is 2. The Labute approximate surface area is 174 Å². The molecule has 7 heteroatoms. The number of fused-ring (bicyclic) bond motifs is 1. The molecule has 7 nitrogen and oxygen atoms in total. The molecule has 1 aromatic heterocycles. The number of hydrogen-bond donors (Lipinski definition) is 1. The lowest BCUT2D eigenvalue weighted by atomic mass is 10.2. The van der Waals surface area contributed by atoms with Crippen LogP contribution < -0.4 is 15.8 Å². The standard InChI is InChI=1S/C23H22N4O3/c1-16-6-8-18(9-7-16)24-21(28)13-15-27-22(29)11-10-19(25-27)23(30)26-14-12-17-4-2-3-5-20(17)26/h2-11H,12-15H2,1H3,(H,24,28). The van der Waals surface area contributed by atoms with Gasteiger partial charge in [-0.15, -0.1) is 0 Å². The maximum absolute atomic E-state index is 12.9. The molecule has 4 rings (SSSR count). The normalized spacial score (nSPS) is 12.5. The second-order valence-electron chi connectivity index (χ2n) is 7.28. The van der Waals surface area contributed by atoms with E-state index in [9.17, 15) is 14.4 Å². The summed E-state index contributed by atoms with van der Waals surface area (Å²) in [5, 5.41) is 7.01. The Kier molecular flexibility index (Phi) is 5.43. The molecule has 3 aromatic rings. The molecule has 0 saturated heterocycles. The van der Waals surface area contributed by atoms with E-state index in [0.29, 0.717) is 12.2 Å². The summed E-state index contributed by atoms with van der Waals surface area (Å²) in [6.45, 7) is 2.64. The lowest BCUT2D eigenvalue weighted by Gasteiger charge is -2.17. The van der Waals surface area contributed by atoms with E-state index in [0.717, 1.165) is 23.2 Å². The zero-order valence-electron chi connectivity index (χ0n) is 16.7. The van der Waals surface area contributed by atoms with Crippen LogP contribution in [0.4, 0.5) is 11.4 Å². The van der Waals surface area contributed by atoms with Gasteiger partial charge in [-0.25, -0.2) is 4.68 Å². The molecule has 0 bridgehead atoms. The van der Waals surface area contributed by atoms with Gasteiger partial charge in [-0.05, 0) is 43.2 Å². The molecule has 152 valence electrons. The largest absolute Gasteiger partial charge is 0.326 e. The smallest absolute Gasteiger partial charge is 0.278 e. The fourth-order valence-electron chi connectivity index (χ4n) is 3.48. The van der Waals surface area contributed by atoms with Gasteiger partial charge < -0.3 is 10.2 Å². The summed E-state index contributed by atoms with van der Waals surface area (Å²) in [5.74, 6) is -0.476. The molecule has 0 saturated carbocycles. The van der Waals surface area contributed by atoms with Gasteiger partial charge in [0.25, 0.3) is 11.5 Å². The number of aryl methyl sites for hydroxylation is 2. The first-order chi connectivity index (χ1) is 14.5. The van der Waals surface area contributed by atoms with Gasteiger partial charge in [-0.2, -0.15) is 5.10 Å². The van der Waals surface area contributed by atoms with Gasteiger partial charge in [0.15, 0.2) is 0 Å². The highest BCUT2D eigenvalue weighted by atomic mass is 16.2. The molecule has 0 unspecified atom stereocenters. The Bertz CT molecular complexity index is 1150. The first kappa shape index (κ1) is 19.6. The molecule has 0 fully saturated rings. The van der Waals surface area contributed by atoms with Crippen LogP contribution in [0.5, 0.6) is 0 Å². The number of anilines is 2. The molecule has 1 N–H and O–H groups in total. The number of benzene rings is 2. The van der Waals surface area contributed by atoms with Crippen molar-refractivity contribution in [1.29, 1.82) is 0 Å². The van der Waals surface area contributed by atoms with Crippen molar-refractivity contribution in [3.8, 4) is 0 Å². The third kappa shape index (κ3) is 4.15. The number of nitrogens with one attached hydrogen (secondary N) is 1. The minimum absolute atomic E-state index is 0.0744. The quantitative estimate of drug-likeness (QED) is 0.711. The minimum Gasteiger partial charge on any atom is -0.326 e. The Morgan fingerprint density at radius 1 is 1.03 bits per heavy atom. The molecule has 0 radical (unpaired) electrons. The molecular formula is C23H22N4O3. The van der Waals surface area contributed by atoms with Gasteiger partial charge in [0.2, 0.25) is 5.91 Å². The van der Waals surface area contributed by atoms with E-state index < -0.39 is 0 Å². The maximum Gasteiger partial charge on any atom is 0.278 e. The van der Waals surface area contributed by atoms with E-state index in [1.165, 1.54) is 16.8 Å². The van der Waals surface area contributed by atoms with Gasteiger partial charge >= 0.3 is 0 Å². The number of rotatable bonds is 5. The number of aromatic nitrogens is 2. The van der Waals surface area contributed by atoms with Crippen molar-refractivity contribution in [1.82, 2.24) is 9.78 Å². The van der Waals surface area contributed by atoms with E-state index >= 15 is 0 Å². The zero-order valence-corrected chi connectivity index (χ0v) is 16.7. The van der Waals surface area contributed by atoms with Crippen LogP contribution in [-0.4, -0.2) is 28.1 Å². The van der Waals surface area contributed by atoms with Crippen LogP contribution in [0.25, 0.3) is 0 Å². The highest BCUT2D eigenvalue weighted by Crippen LogP contribution is 2.28. The summed E-state index contributed by atoms with van der Waals surface area (Å²) in [6.07, 6.45) is 0.867. The van der Waals surface area contributed by atoms with E-state index in [1.807, 2.05) is 55.5 Å². The lowest BCUT2D eigenvalue weighted by Crippen LogP contribution is -2.33. The summed E-state index contributed by atoms with van der Waals surface area (Å²) < 4.78 is 1.17. The van der Waals surface area contributed by atoms with Crippen molar-refractivity contribution in [2.45, 2.75) is 26.3 Å². The molecule has 2 aromatic carbocycles. The Morgan fingerprint density at radius 3 is 2.60 bits per heavy atom. The van der Waals surface area contributed by atoms with Crippen molar-refractivity contribution >= 4 is 23.2 Å². The lowest BCUT2D eigenvalue weighted by molar-refractivity contribution is -0.116. The maximum atomic E-state index is 12.9. The monoisotopic (exact) mass is 402 g/mol. The summed E-state index contributed by atoms with van der Waals surface area (Å²) in [5.41, 5.74) is 3.63. The molecule has 1 aliphatic heterocycles. The number of carbonyl (C=O) groups excluding carboxylic acids is 2. The number of para-hydroxylation sites is 1. The summed E-state index contributed by atoms with van der Waals surface area (Å²) >= 11 is 0. The highest BCUT2D eigenvalue weighted by molar-refractivity contribution is 6.05. The second kappa shape index (κ2) is 8.32. The summed E-state index contributed by atoms with van der Waals surface area (Å²) in [7, 11) is 0. The van der Waals surface area contributed by atoms with Crippen molar-refractivity contribution < 1.29 is 9.59 Å². The number of nitrogens with zero attached hydrogens (tertiary/aromatic N) is 3. The number of amides is 2. The Hall–Kier alpha value is -3.74. The van der Waals surface area contributed by atoms with E-state index in [4.69, 9.17) is 0 Å². The molecule has 1 aliphatic rings. The first-order valence-electron chi connectivity index (χ1n) is 9.86. The second-order valence-corrected chi connectivity index (χ2v) is 7.28. The van der Waals surface area contributed by atoms with Crippen LogP contribution in [0.1, 0.15) is 28.0 Å². The Balaban J connectivity index is 1.44. The molecule has 0 atom stereocenters. The minimum atomic E-state index is -0.350. The van der Waals surface area contributed by atoms with Crippen LogP contribution in [0, 0.1) is 6.92 Å². The van der Waals surface area contributed by atoms with Crippen molar-refractivity contribution in [3.05, 3.63) is 87.8 Å². The molecule has 0 aliphatic carbocycles. The third-order valence-electron chi connectivity index (χ3n) is 5.10. The molecule has 30 heavy (non-hydrogen) atoms. The fraction of sp³-hybridized carbons (Fsp3) is 0.217. The summed E-state index contributed by atoms with van der Waals surface area (Å²) in [4.78, 5) is 39.0. The third-order valence-corrected chi connectivity index (χ3v) is 5.10. The zero-order chi connectivity index (χ0) is 21.1. The predicted molar refractivity (Wildman–Crippen MR) is 115 cm³/mol. The number of hydrogen-bond acceptors (Lipinski definition) is 4. The van der Waals surface area contributed by atoms with E-state index in [2.05, 4.69) is 10.4 Å².